The molecular formula is C14H17FN2S. The molecule has 0 aliphatic carbocycles. The Morgan fingerprint density at radius 1 is 1.33 bits per heavy atom. The first-order valence-electron chi connectivity index (χ1n) is 5.88. The van der Waals surface area contributed by atoms with Crippen LogP contribution in [0.3, 0.4) is 0 Å². The van der Waals surface area contributed by atoms with Crippen LogP contribution in [0.15, 0.2) is 24.3 Å². The Hall–Kier alpha value is -1.26. The van der Waals surface area contributed by atoms with Crippen molar-refractivity contribution in [3.05, 3.63) is 40.0 Å². The van der Waals surface area contributed by atoms with E-state index in [1.165, 1.54) is 6.07 Å². The molecule has 0 aliphatic rings. The molecule has 0 bridgehead atoms. The van der Waals surface area contributed by atoms with Crippen LogP contribution in [0.1, 0.15) is 23.7 Å². The van der Waals surface area contributed by atoms with Gasteiger partial charge in [0.25, 0.3) is 0 Å². The highest BCUT2D eigenvalue weighted by Gasteiger charge is 2.25. The Labute approximate surface area is 111 Å². The van der Waals surface area contributed by atoms with Crippen molar-refractivity contribution in [2.45, 2.75) is 26.2 Å². The second-order valence-electron chi connectivity index (χ2n) is 4.99. The molecule has 4 heteroatoms. The van der Waals surface area contributed by atoms with E-state index >= 15 is 0 Å². The first-order valence-corrected chi connectivity index (χ1v) is 6.70. The molecule has 2 nitrogen and oxygen atoms in total. The lowest BCUT2D eigenvalue weighted by atomic mass is 9.95. The molecule has 0 unspecified atom stereocenters. The molecule has 0 spiro atoms. The number of rotatable bonds is 3. The number of nitrogens with zero attached hydrogens (tertiary/aromatic N) is 1. The molecular weight excluding hydrogens is 247 g/mol. The van der Waals surface area contributed by atoms with Gasteiger partial charge in [-0.3, -0.25) is 0 Å². The summed E-state index contributed by atoms with van der Waals surface area (Å²) < 4.78 is 13.8. The first-order chi connectivity index (χ1) is 8.45. The molecule has 0 aliphatic heterocycles. The number of hydrogen-bond acceptors (Lipinski definition) is 3. The zero-order valence-electron chi connectivity index (χ0n) is 10.8. The van der Waals surface area contributed by atoms with E-state index in [1.54, 1.807) is 23.5 Å². The van der Waals surface area contributed by atoms with Crippen molar-refractivity contribution in [2.75, 3.05) is 6.54 Å². The molecule has 1 aromatic carbocycles. The van der Waals surface area contributed by atoms with E-state index in [0.717, 1.165) is 15.6 Å². The molecule has 1 aromatic heterocycles. The highest BCUT2D eigenvalue weighted by atomic mass is 32.1. The van der Waals surface area contributed by atoms with Gasteiger partial charge in [0.05, 0.1) is 5.69 Å². The molecule has 0 fully saturated rings. The largest absolute Gasteiger partial charge is 0.330 e. The minimum atomic E-state index is -0.233. The van der Waals surface area contributed by atoms with Crippen LogP contribution in [0.5, 0.6) is 0 Å². The molecule has 0 saturated carbocycles. The number of nitrogens with two attached hydrogens (primary N) is 1. The van der Waals surface area contributed by atoms with Gasteiger partial charge in [-0.1, -0.05) is 26.0 Å². The van der Waals surface area contributed by atoms with Gasteiger partial charge in [0.15, 0.2) is 0 Å². The monoisotopic (exact) mass is 264 g/mol. The highest BCUT2D eigenvalue weighted by Crippen LogP contribution is 2.34. The van der Waals surface area contributed by atoms with Crippen LogP contribution < -0.4 is 5.73 Å². The third-order valence-corrected chi connectivity index (χ3v) is 4.35. The zero-order chi connectivity index (χ0) is 13.3. The van der Waals surface area contributed by atoms with Gasteiger partial charge in [0, 0.05) is 22.4 Å². The summed E-state index contributed by atoms with van der Waals surface area (Å²) in [5.74, 6) is -0.233. The van der Waals surface area contributed by atoms with Crippen LogP contribution in [0.4, 0.5) is 4.39 Å². The molecule has 0 atom stereocenters. The number of hydrogen-bond donors (Lipinski definition) is 1. The summed E-state index contributed by atoms with van der Waals surface area (Å²) in [6.45, 7) is 6.60. The fourth-order valence-corrected chi connectivity index (χ4v) is 2.72. The smallest absolute Gasteiger partial charge is 0.132 e. The lowest BCUT2D eigenvalue weighted by Crippen LogP contribution is -2.27. The summed E-state index contributed by atoms with van der Waals surface area (Å²) in [5.41, 5.74) is 6.88. The normalized spacial score (nSPS) is 11.8. The fourth-order valence-electron chi connectivity index (χ4n) is 1.68. The Bertz CT molecular complexity index is 561. The lowest BCUT2D eigenvalue weighted by molar-refractivity contribution is 0.535. The van der Waals surface area contributed by atoms with Gasteiger partial charge in [0.1, 0.15) is 10.8 Å². The summed E-state index contributed by atoms with van der Waals surface area (Å²) in [4.78, 5) is 5.61. The molecule has 0 radical (unpaired) electrons. The van der Waals surface area contributed by atoms with E-state index in [4.69, 9.17) is 5.73 Å². The van der Waals surface area contributed by atoms with E-state index in [1.807, 2.05) is 13.0 Å². The quantitative estimate of drug-likeness (QED) is 0.921. The van der Waals surface area contributed by atoms with Gasteiger partial charge in [-0.2, -0.15) is 0 Å². The predicted octanol–water partition coefficient (Wildman–Crippen LogP) is 3.49. The maximum Gasteiger partial charge on any atom is 0.132 e. The van der Waals surface area contributed by atoms with Crippen LogP contribution in [0.25, 0.3) is 11.3 Å². The fraction of sp³-hybridized carbons (Fsp3) is 0.357. The average Bonchev–Trinajstić information content (AvgIpc) is 2.73. The Kier molecular flexibility index (Phi) is 3.50. The van der Waals surface area contributed by atoms with Gasteiger partial charge < -0.3 is 5.73 Å². The average molecular weight is 264 g/mol. The van der Waals surface area contributed by atoms with E-state index < -0.39 is 0 Å². The number of halogens is 1. The van der Waals surface area contributed by atoms with Crippen LogP contribution in [-0.2, 0) is 5.41 Å². The molecule has 2 rings (SSSR count). The SMILES string of the molecule is Cc1sc(C(C)(C)CN)nc1-c1ccccc1F. The van der Waals surface area contributed by atoms with E-state index in [2.05, 4.69) is 18.8 Å². The van der Waals surface area contributed by atoms with Gasteiger partial charge in [0.2, 0.25) is 0 Å². The van der Waals surface area contributed by atoms with Crippen LogP contribution in [-0.4, -0.2) is 11.5 Å². The maximum atomic E-state index is 13.8. The van der Waals surface area contributed by atoms with E-state index in [0.29, 0.717) is 12.1 Å². The molecule has 1 heterocycles. The molecule has 96 valence electrons. The summed E-state index contributed by atoms with van der Waals surface area (Å²) in [6.07, 6.45) is 0. The summed E-state index contributed by atoms with van der Waals surface area (Å²) >= 11 is 1.59. The summed E-state index contributed by atoms with van der Waals surface area (Å²) in [6, 6.07) is 6.73. The molecule has 2 N–H and O–H groups in total. The second kappa shape index (κ2) is 4.78. The molecule has 0 amide bonds. The van der Waals surface area contributed by atoms with Crippen LogP contribution in [0, 0.1) is 12.7 Å². The Morgan fingerprint density at radius 3 is 2.61 bits per heavy atom. The lowest BCUT2D eigenvalue weighted by Gasteiger charge is -2.18. The minimum absolute atomic E-state index is 0.168. The summed E-state index contributed by atoms with van der Waals surface area (Å²) in [5, 5.41) is 0.959. The van der Waals surface area contributed by atoms with Gasteiger partial charge in [-0.25, -0.2) is 9.37 Å². The van der Waals surface area contributed by atoms with Crippen molar-refractivity contribution in [1.82, 2.24) is 4.98 Å². The van der Waals surface area contributed by atoms with E-state index in [9.17, 15) is 4.39 Å². The molecule has 0 saturated heterocycles. The number of thiazole rings is 1. The van der Waals surface area contributed by atoms with E-state index in [-0.39, 0.29) is 11.2 Å². The van der Waals surface area contributed by atoms with Crippen LogP contribution >= 0.6 is 11.3 Å². The van der Waals surface area contributed by atoms with Gasteiger partial charge in [-0.05, 0) is 19.1 Å². The van der Waals surface area contributed by atoms with Gasteiger partial charge >= 0.3 is 0 Å². The number of aryl methyl sites for hydroxylation is 1. The Morgan fingerprint density at radius 2 is 2.00 bits per heavy atom. The van der Waals surface area contributed by atoms with Crippen molar-refractivity contribution in [2.24, 2.45) is 5.73 Å². The third kappa shape index (κ3) is 2.31. The van der Waals surface area contributed by atoms with Gasteiger partial charge in [-0.15, -0.1) is 11.3 Å². The third-order valence-electron chi connectivity index (χ3n) is 3.01. The second-order valence-corrected chi connectivity index (χ2v) is 6.19. The molecule has 2 aromatic rings. The van der Waals surface area contributed by atoms with Crippen molar-refractivity contribution < 1.29 is 4.39 Å². The topological polar surface area (TPSA) is 38.9 Å². The van der Waals surface area contributed by atoms with Crippen molar-refractivity contribution in [3.8, 4) is 11.3 Å². The van der Waals surface area contributed by atoms with Crippen LogP contribution in [0.2, 0.25) is 0 Å². The van der Waals surface area contributed by atoms with Crippen molar-refractivity contribution in [3.63, 3.8) is 0 Å². The standard InChI is InChI=1S/C14H17FN2S/c1-9-12(10-6-4-5-7-11(10)15)17-13(18-9)14(2,3)8-16/h4-7H,8,16H2,1-3H3. The zero-order valence-corrected chi connectivity index (χ0v) is 11.6. The first kappa shape index (κ1) is 13.2. The molecule has 18 heavy (non-hydrogen) atoms. The Balaban J connectivity index is 2.52. The maximum absolute atomic E-state index is 13.8. The van der Waals surface area contributed by atoms with Crippen molar-refractivity contribution in [1.29, 1.82) is 0 Å². The number of aromatic nitrogens is 1. The predicted molar refractivity (Wildman–Crippen MR) is 74.3 cm³/mol. The highest BCUT2D eigenvalue weighted by molar-refractivity contribution is 7.12. The number of benzene rings is 1. The minimum Gasteiger partial charge on any atom is -0.330 e. The van der Waals surface area contributed by atoms with Crippen molar-refractivity contribution >= 4 is 11.3 Å². The summed E-state index contributed by atoms with van der Waals surface area (Å²) in [7, 11) is 0.